The van der Waals surface area contributed by atoms with Crippen LogP contribution in [0.2, 0.25) is 0 Å². The summed E-state index contributed by atoms with van der Waals surface area (Å²) in [5.74, 6) is 1.51. The Morgan fingerprint density at radius 1 is 1.24 bits per heavy atom. The highest BCUT2D eigenvalue weighted by Crippen LogP contribution is 2.43. The van der Waals surface area contributed by atoms with Crippen molar-refractivity contribution in [3.05, 3.63) is 59.3 Å². The Balaban J connectivity index is 1.48. The molecule has 1 fully saturated rings. The summed E-state index contributed by atoms with van der Waals surface area (Å²) in [7, 11) is 0. The molecule has 5 heterocycles. The largest absolute Gasteiger partial charge is 0.408 e. The van der Waals surface area contributed by atoms with E-state index in [0.29, 0.717) is 17.8 Å². The average molecular weight is 389 g/mol. The Morgan fingerprint density at radius 3 is 2.93 bits per heavy atom. The van der Waals surface area contributed by atoms with Crippen molar-refractivity contribution in [2.75, 3.05) is 11.4 Å². The molecule has 0 amide bonds. The summed E-state index contributed by atoms with van der Waals surface area (Å²) in [6.45, 7) is 4.87. The normalized spacial score (nSPS) is 19.3. The zero-order valence-corrected chi connectivity index (χ0v) is 16.5. The number of fused-ring (bicyclic) bond motifs is 2. The SMILES string of the molecule is CC(C)c1nnc(N2CCc3[nH]cnc3C2c2cc3c(C4CC4)cccn3n2)o1. The second-order valence-electron chi connectivity index (χ2n) is 8.33. The lowest BCUT2D eigenvalue weighted by molar-refractivity contribution is 0.446. The number of pyridine rings is 1. The molecule has 0 radical (unpaired) electrons. The highest BCUT2D eigenvalue weighted by molar-refractivity contribution is 5.59. The van der Waals surface area contributed by atoms with Crippen molar-refractivity contribution in [3.63, 3.8) is 0 Å². The standard InChI is InChI=1S/C21H23N7O/c1-12(2)20-24-25-21(29-20)27-9-7-15-18(23-11-22-15)19(27)16-10-17-14(13-5-6-13)4-3-8-28(17)26-16/h3-4,8,10-13,19H,5-7,9H2,1-2H3,(H,22,23). The van der Waals surface area contributed by atoms with Gasteiger partial charge in [-0.25, -0.2) is 9.50 Å². The van der Waals surface area contributed by atoms with E-state index in [1.54, 1.807) is 6.33 Å². The molecular formula is C21H23N7O. The summed E-state index contributed by atoms with van der Waals surface area (Å²) >= 11 is 0. The van der Waals surface area contributed by atoms with Gasteiger partial charge in [0.1, 0.15) is 6.04 Å². The Hall–Kier alpha value is -3.16. The average Bonchev–Trinajstić information content (AvgIpc) is 3.12. The topological polar surface area (TPSA) is 88.1 Å². The van der Waals surface area contributed by atoms with E-state index in [-0.39, 0.29) is 12.0 Å². The van der Waals surface area contributed by atoms with Crippen LogP contribution in [0.15, 0.2) is 35.1 Å². The fourth-order valence-corrected chi connectivity index (χ4v) is 4.29. The van der Waals surface area contributed by atoms with Crippen LogP contribution < -0.4 is 4.90 Å². The number of nitrogens with zero attached hydrogens (tertiary/aromatic N) is 6. The van der Waals surface area contributed by atoms with Crippen LogP contribution >= 0.6 is 0 Å². The minimum Gasteiger partial charge on any atom is -0.408 e. The van der Waals surface area contributed by atoms with Gasteiger partial charge in [-0.15, -0.1) is 5.10 Å². The molecule has 29 heavy (non-hydrogen) atoms. The van der Waals surface area contributed by atoms with E-state index in [1.807, 2.05) is 10.7 Å². The predicted molar refractivity (Wildman–Crippen MR) is 107 cm³/mol. The zero-order valence-electron chi connectivity index (χ0n) is 16.5. The predicted octanol–water partition coefficient (Wildman–Crippen LogP) is 3.59. The van der Waals surface area contributed by atoms with Crippen LogP contribution in [-0.2, 0) is 6.42 Å². The van der Waals surface area contributed by atoms with E-state index in [0.717, 1.165) is 30.0 Å². The fourth-order valence-electron chi connectivity index (χ4n) is 4.29. The molecule has 148 valence electrons. The van der Waals surface area contributed by atoms with Crippen molar-refractivity contribution in [3.8, 4) is 0 Å². The molecule has 0 spiro atoms. The first kappa shape index (κ1) is 16.8. The number of imidazole rings is 1. The molecule has 1 N–H and O–H groups in total. The smallest absolute Gasteiger partial charge is 0.319 e. The molecular weight excluding hydrogens is 366 g/mol. The molecule has 0 aromatic carbocycles. The van der Waals surface area contributed by atoms with Gasteiger partial charge in [-0.1, -0.05) is 25.0 Å². The number of aromatic amines is 1. The number of H-pyrrole nitrogens is 1. The van der Waals surface area contributed by atoms with E-state index < -0.39 is 0 Å². The van der Waals surface area contributed by atoms with Crippen molar-refractivity contribution in [1.82, 2.24) is 29.8 Å². The number of hydrogen-bond donors (Lipinski definition) is 1. The lowest BCUT2D eigenvalue weighted by Gasteiger charge is -2.32. The van der Waals surface area contributed by atoms with Gasteiger partial charge in [0.15, 0.2) is 0 Å². The number of nitrogens with one attached hydrogen (secondary N) is 1. The molecule has 0 bridgehead atoms. The van der Waals surface area contributed by atoms with Gasteiger partial charge in [-0.2, -0.15) is 5.10 Å². The minimum absolute atomic E-state index is 0.155. The molecule has 2 aliphatic rings. The summed E-state index contributed by atoms with van der Waals surface area (Å²) in [6.07, 6.45) is 7.16. The van der Waals surface area contributed by atoms with Gasteiger partial charge < -0.3 is 14.3 Å². The number of hydrogen-bond acceptors (Lipinski definition) is 6. The van der Waals surface area contributed by atoms with Crippen LogP contribution in [0.1, 0.15) is 73.1 Å². The molecule has 1 aliphatic carbocycles. The van der Waals surface area contributed by atoms with Gasteiger partial charge in [-0.3, -0.25) is 0 Å². The zero-order chi connectivity index (χ0) is 19.5. The monoisotopic (exact) mass is 389 g/mol. The second kappa shape index (κ2) is 6.17. The lowest BCUT2D eigenvalue weighted by atomic mass is 10.00. The maximum Gasteiger partial charge on any atom is 0.319 e. The summed E-state index contributed by atoms with van der Waals surface area (Å²) < 4.78 is 8.00. The number of anilines is 1. The van der Waals surface area contributed by atoms with Gasteiger partial charge in [0, 0.05) is 30.8 Å². The first-order chi connectivity index (χ1) is 14.2. The van der Waals surface area contributed by atoms with Crippen molar-refractivity contribution in [2.24, 2.45) is 0 Å². The van der Waals surface area contributed by atoms with Gasteiger partial charge >= 0.3 is 6.01 Å². The summed E-state index contributed by atoms with van der Waals surface area (Å²) in [5.41, 5.74) is 5.65. The highest BCUT2D eigenvalue weighted by Gasteiger charge is 2.36. The Kier molecular flexibility index (Phi) is 3.57. The van der Waals surface area contributed by atoms with Crippen molar-refractivity contribution < 1.29 is 4.42 Å². The number of aromatic nitrogens is 6. The Morgan fingerprint density at radius 2 is 2.14 bits per heavy atom. The molecule has 1 saturated carbocycles. The molecule has 8 nitrogen and oxygen atoms in total. The molecule has 1 atom stereocenters. The van der Waals surface area contributed by atoms with Crippen LogP contribution in [-0.4, -0.2) is 36.3 Å². The minimum atomic E-state index is -0.155. The van der Waals surface area contributed by atoms with Crippen LogP contribution in [0.5, 0.6) is 0 Å². The van der Waals surface area contributed by atoms with Gasteiger partial charge in [-0.05, 0) is 36.5 Å². The quantitative estimate of drug-likeness (QED) is 0.574. The molecule has 1 unspecified atom stereocenters. The van der Waals surface area contributed by atoms with Gasteiger partial charge in [0.25, 0.3) is 0 Å². The first-order valence-corrected chi connectivity index (χ1v) is 10.3. The van der Waals surface area contributed by atoms with Crippen LogP contribution in [0.25, 0.3) is 5.52 Å². The van der Waals surface area contributed by atoms with Gasteiger partial charge in [0.05, 0.1) is 23.2 Å². The molecule has 4 aromatic heterocycles. The van der Waals surface area contributed by atoms with E-state index in [9.17, 15) is 0 Å². The molecule has 4 aromatic rings. The van der Waals surface area contributed by atoms with E-state index in [2.05, 4.69) is 57.1 Å². The number of rotatable bonds is 4. The maximum atomic E-state index is 6.01. The second-order valence-corrected chi connectivity index (χ2v) is 8.33. The summed E-state index contributed by atoms with van der Waals surface area (Å²) in [6, 6.07) is 6.89. The van der Waals surface area contributed by atoms with E-state index >= 15 is 0 Å². The van der Waals surface area contributed by atoms with Crippen molar-refractivity contribution in [1.29, 1.82) is 0 Å². The maximum absolute atomic E-state index is 6.01. The third-order valence-electron chi connectivity index (χ3n) is 5.95. The van der Waals surface area contributed by atoms with Crippen LogP contribution in [0.4, 0.5) is 6.01 Å². The first-order valence-electron chi connectivity index (χ1n) is 10.3. The van der Waals surface area contributed by atoms with Crippen molar-refractivity contribution >= 4 is 11.5 Å². The summed E-state index contributed by atoms with van der Waals surface area (Å²) in [5, 5.41) is 13.5. The summed E-state index contributed by atoms with van der Waals surface area (Å²) in [4.78, 5) is 10.1. The Labute approximate surface area is 168 Å². The lowest BCUT2D eigenvalue weighted by Crippen LogP contribution is -2.36. The third-order valence-corrected chi connectivity index (χ3v) is 5.95. The van der Waals surface area contributed by atoms with Crippen LogP contribution in [0, 0.1) is 0 Å². The highest BCUT2D eigenvalue weighted by atomic mass is 16.4. The fraction of sp³-hybridized carbons (Fsp3) is 0.429. The third kappa shape index (κ3) is 2.66. The van der Waals surface area contributed by atoms with Crippen molar-refractivity contribution in [2.45, 2.75) is 51.0 Å². The molecule has 6 rings (SSSR count). The Bertz CT molecular complexity index is 1180. The molecule has 0 saturated heterocycles. The van der Waals surface area contributed by atoms with E-state index in [4.69, 9.17) is 9.52 Å². The molecule has 1 aliphatic heterocycles. The van der Waals surface area contributed by atoms with Gasteiger partial charge in [0.2, 0.25) is 5.89 Å². The van der Waals surface area contributed by atoms with Crippen LogP contribution in [0.3, 0.4) is 0 Å². The van der Waals surface area contributed by atoms with E-state index in [1.165, 1.54) is 23.9 Å². The molecule has 8 heteroatoms.